The molecule has 0 aliphatic rings. The zero-order valence-corrected chi connectivity index (χ0v) is 17.2. The van der Waals surface area contributed by atoms with Crippen molar-refractivity contribution in [3.05, 3.63) is 57.0 Å². The fourth-order valence-electron chi connectivity index (χ4n) is 2.38. The van der Waals surface area contributed by atoms with Crippen LogP contribution in [0.25, 0.3) is 10.7 Å². The van der Waals surface area contributed by atoms with Crippen LogP contribution < -0.4 is 5.32 Å². The van der Waals surface area contributed by atoms with Gasteiger partial charge in [0.1, 0.15) is 5.03 Å². The number of thioether (sulfide) groups is 1. The molecule has 0 spiro atoms. The van der Waals surface area contributed by atoms with Crippen LogP contribution in [-0.4, -0.2) is 22.1 Å². The Morgan fingerprint density at radius 3 is 2.68 bits per heavy atom. The average Bonchev–Trinajstić information content (AvgIpc) is 3.11. The van der Waals surface area contributed by atoms with Gasteiger partial charge in [-0.15, -0.1) is 23.1 Å². The van der Waals surface area contributed by atoms with Crippen LogP contribution in [0.1, 0.15) is 21.6 Å². The first kappa shape index (κ1) is 18.1. The highest BCUT2D eigenvalue weighted by Gasteiger charge is 2.20. The molecule has 4 nitrogen and oxygen atoms in total. The number of benzene rings is 1. The van der Waals surface area contributed by atoms with Gasteiger partial charge < -0.3 is 5.32 Å². The summed E-state index contributed by atoms with van der Waals surface area (Å²) in [6, 6.07) is 9.75. The summed E-state index contributed by atoms with van der Waals surface area (Å²) in [5.41, 5.74) is 3.03. The van der Waals surface area contributed by atoms with Gasteiger partial charge in [0.15, 0.2) is 5.82 Å². The Hall–Kier alpha value is -1.70. The third kappa shape index (κ3) is 3.94. The monoisotopic (exact) mass is 433 g/mol. The van der Waals surface area contributed by atoms with Gasteiger partial charge >= 0.3 is 0 Å². The van der Waals surface area contributed by atoms with E-state index in [4.69, 9.17) is 0 Å². The molecule has 0 bridgehead atoms. The molecule has 0 fully saturated rings. The smallest absolute Gasteiger partial charge is 0.260 e. The van der Waals surface area contributed by atoms with Gasteiger partial charge in [0.05, 0.1) is 21.8 Å². The largest absolute Gasteiger partial charge is 0.321 e. The van der Waals surface area contributed by atoms with Gasteiger partial charge in [-0.2, -0.15) is 0 Å². The van der Waals surface area contributed by atoms with E-state index in [1.54, 1.807) is 11.3 Å². The highest BCUT2D eigenvalue weighted by atomic mass is 79.9. The molecular formula is C18H16BrN3OS2. The van der Waals surface area contributed by atoms with Gasteiger partial charge in [0.25, 0.3) is 5.91 Å². The molecule has 2 heterocycles. The lowest BCUT2D eigenvalue weighted by Crippen LogP contribution is -2.17. The molecule has 1 aromatic carbocycles. The number of carbonyl (C=O) groups excluding carboxylic acids is 1. The third-order valence-corrected chi connectivity index (χ3v) is 5.80. The van der Waals surface area contributed by atoms with Crippen molar-refractivity contribution in [3.8, 4) is 10.7 Å². The zero-order chi connectivity index (χ0) is 18.0. The van der Waals surface area contributed by atoms with Crippen LogP contribution in [0.2, 0.25) is 0 Å². The van der Waals surface area contributed by atoms with E-state index in [0.717, 1.165) is 20.6 Å². The Morgan fingerprint density at radius 2 is 2.04 bits per heavy atom. The summed E-state index contributed by atoms with van der Waals surface area (Å²) in [5.74, 6) is 0.453. The van der Waals surface area contributed by atoms with E-state index < -0.39 is 0 Å². The molecular weight excluding hydrogens is 418 g/mol. The van der Waals surface area contributed by atoms with Crippen molar-refractivity contribution in [1.82, 2.24) is 9.97 Å². The molecule has 3 rings (SSSR count). The number of hydrogen-bond acceptors (Lipinski definition) is 5. The maximum Gasteiger partial charge on any atom is 0.260 e. The summed E-state index contributed by atoms with van der Waals surface area (Å²) in [7, 11) is 0. The molecule has 0 aliphatic carbocycles. The van der Waals surface area contributed by atoms with Crippen molar-refractivity contribution in [3.63, 3.8) is 0 Å². The first-order valence-corrected chi connectivity index (χ1v) is 10.4. The minimum absolute atomic E-state index is 0.205. The van der Waals surface area contributed by atoms with E-state index in [9.17, 15) is 4.79 Å². The molecule has 2 aromatic heterocycles. The quantitative estimate of drug-likeness (QED) is 0.432. The molecule has 0 unspecified atom stereocenters. The van der Waals surface area contributed by atoms with Crippen LogP contribution in [0, 0.1) is 13.8 Å². The number of halogens is 1. The van der Waals surface area contributed by atoms with Gasteiger partial charge in [-0.25, -0.2) is 9.97 Å². The van der Waals surface area contributed by atoms with E-state index in [2.05, 4.69) is 31.2 Å². The van der Waals surface area contributed by atoms with Gasteiger partial charge in [-0.1, -0.05) is 12.1 Å². The highest BCUT2D eigenvalue weighted by molar-refractivity contribution is 9.10. The molecule has 3 aromatic rings. The molecule has 25 heavy (non-hydrogen) atoms. The van der Waals surface area contributed by atoms with E-state index in [1.807, 2.05) is 55.8 Å². The predicted molar refractivity (Wildman–Crippen MR) is 109 cm³/mol. The first-order valence-electron chi connectivity index (χ1n) is 7.53. The standard InChI is InChI=1S/C18H16BrN3OS2/c1-10-6-7-13(12(19)9-10)21-17(23)15-11(2)20-16(22-18(15)24-3)14-5-4-8-25-14/h4-9H,1-3H3,(H,21,23). The molecule has 0 saturated carbocycles. The Kier molecular flexibility index (Phi) is 5.56. The van der Waals surface area contributed by atoms with Crippen molar-refractivity contribution in [2.75, 3.05) is 11.6 Å². The Labute approximate surface area is 163 Å². The second-order valence-corrected chi connectivity index (χ2v) is 8.03. The number of aryl methyl sites for hydroxylation is 2. The van der Waals surface area contributed by atoms with Crippen LogP contribution in [0.4, 0.5) is 5.69 Å². The van der Waals surface area contributed by atoms with E-state index in [-0.39, 0.29) is 5.91 Å². The summed E-state index contributed by atoms with van der Waals surface area (Å²) in [5, 5.41) is 5.61. The fraction of sp³-hybridized carbons (Fsp3) is 0.167. The molecule has 0 saturated heterocycles. The van der Waals surface area contributed by atoms with E-state index in [1.165, 1.54) is 11.8 Å². The van der Waals surface area contributed by atoms with Crippen molar-refractivity contribution in [2.45, 2.75) is 18.9 Å². The minimum atomic E-state index is -0.205. The Balaban J connectivity index is 1.97. The van der Waals surface area contributed by atoms with Crippen molar-refractivity contribution in [2.24, 2.45) is 0 Å². The predicted octanol–water partition coefficient (Wildman–Crippen LogP) is 5.56. The summed E-state index contributed by atoms with van der Waals surface area (Å²) in [6.45, 7) is 3.85. The lowest BCUT2D eigenvalue weighted by atomic mass is 10.2. The van der Waals surface area contributed by atoms with E-state index >= 15 is 0 Å². The summed E-state index contributed by atoms with van der Waals surface area (Å²) < 4.78 is 0.848. The molecule has 1 N–H and O–H groups in total. The summed E-state index contributed by atoms with van der Waals surface area (Å²) in [4.78, 5) is 22.9. The molecule has 128 valence electrons. The van der Waals surface area contributed by atoms with Gasteiger partial charge in [-0.3, -0.25) is 4.79 Å². The molecule has 1 amide bonds. The second-order valence-electron chi connectivity index (χ2n) is 5.43. The molecule has 0 aliphatic heterocycles. The normalized spacial score (nSPS) is 10.7. The SMILES string of the molecule is CSc1nc(-c2cccs2)nc(C)c1C(=O)Nc1ccc(C)cc1Br. The number of thiophene rings is 1. The topological polar surface area (TPSA) is 54.9 Å². The van der Waals surface area contributed by atoms with Crippen LogP contribution in [-0.2, 0) is 0 Å². The summed E-state index contributed by atoms with van der Waals surface area (Å²) in [6.07, 6.45) is 1.92. The maximum absolute atomic E-state index is 12.8. The number of amides is 1. The van der Waals surface area contributed by atoms with Crippen LogP contribution in [0.5, 0.6) is 0 Å². The lowest BCUT2D eigenvalue weighted by Gasteiger charge is -2.13. The van der Waals surface area contributed by atoms with Crippen molar-refractivity contribution < 1.29 is 4.79 Å². The Bertz CT molecular complexity index is 926. The van der Waals surface area contributed by atoms with Crippen LogP contribution >= 0.6 is 39.0 Å². The number of anilines is 1. The number of nitrogens with one attached hydrogen (secondary N) is 1. The number of hydrogen-bond donors (Lipinski definition) is 1. The maximum atomic E-state index is 12.8. The number of carbonyl (C=O) groups is 1. The molecule has 7 heteroatoms. The van der Waals surface area contributed by atoms with Gasteiger partial charge in [0.2, 0.25) is 0 Å². The van der Waals surface area contributed by atoms with Crippen molar-refractivity contribution >= 4 is 50.6 Å². The molecule has 0 radical (unpaired) electrons. The number of nitrogens with zero attached hydrogens (tertiary/aromatic N) is 2. The third-order valence-electron chi connectivity index (χ3n) is 3.59. The highest BCUT2D eigenvalue weighted by Crippen LogP contribution is 2.29. The van der Waals surface area contributed by atoms with Crippen molar-refractivity contribution in [1.29, 1.82) is 0 Å². The van der Waals surface area contributed by atoms with Crippen LogP contribution in [0.3, 0.4) is 0 Å². The summed E-state index contributed by atoms with van der Waals surface area (Å²) >= 11 is 6.52. The van der Waals surface area contributed by atoms with Crippen LogP contribution in [0.15, 0.2) is 45.2 Å². The van der Waals surface area contributed by atoms with E-state index in [0.29, 0.717) is 22.1 Å². The number of aromatic nitrogens is 2. The lowest BCUT2D eigenvalue weighted by molar-refractivity contribution is 0.102. The van der Waals surface area contributed by atoms with Gasteiger partial charge in [-0.05, 0) is 65.2 Å². The molecule has 0 atom stereocenters. The Morgan fingerprint density at radius 1 is 1.24 bits per heavy atom. The minimum Gasteiger partial charge on any atom is -0.321 e. The van der Waals surface area contributed by atoms with Gasteiger partial charge in [0, 0.05) is 4.47 Å². The second kappa shape index (κ2) is 7.68. The zero-order valence-electron chi connectivity index (χ0n) is 14.0. The number of rotatable bonds is 4. The first-order chi connectivity index (χ1) is 12.0. The fourth-order valence-corrected chi connectivity index (χ4v) is 4.25. The average molecular weight is 434 g/mol.